The summed E-state index contributed by atoms with van der Waals surface area (Å²) in [6, 6.07) is -0.655. The van der Waals surface area contributed by atoms with Crippen molar-refractivity contribution in [1.29, 1.82) is 0 Å². The minimum atomic E-state index is -4.36. The van der Waals surface area contributed by atoms with E-state index in [-0.39, 0.29) is 12.8 Å². The molecule has 4 nitrogen and oxygen atoms in total. The molecule has 0 aromatic carbocycles. The molecule has 0 aromatic rings. The molecule has 1 heterocycles. The number of hydrogen-bond acceptors (Lipinski definition) is 4. The van der Waals surface area contributed by atoms with E-state index in [0.29, 0.717) is 11.8 Å². The fraction of sp³-hybridized carbons (Fsp3) is 1.00. The topological polar surface area (TPSA) is 72.5 Å². The van der Waals surface area contributed by atoms with Gasteiger partial charge in [-0.1, -0.05) is 0 Å². The normalized spacial score (nSPS) is 33.9. The molecular weight excluding hydrogens is 254 g/mol. The van der Waals surface area contributed by atoms with Crippen molar-refractivity contribution >= 4 is 20.0 Å². The number of nitrogens with two attached hydrogens (primary N) is 1. The lowest BCUT2D eigenvalue weighted by molar-refractivity contribution is -0.132. The van der Waals surface area contributed by atoms with Crippen molar-refractivity contribution in [1.82, 2.24) is 0 Å². The van der Waals surface area contributed by atoms with Crippen LogP contribution in [0, 0.1) is 0 Å². The Balaban J connectivity index is 2.59. The van der Waals surface area contributed by atoms with Crippen LogP contribution in [0.15, 0.2) is 0 Å². The smallest absolute Gasteiger partial charge is 0.328 e. The molecule has 88 valence electrons. The lowest BCUT2D eigenvalue weighted by Crippen LogP contribution is -2.41. The van der Waals surface area contributed by atoms with E-state index < -0.39 is 31.2 Å². The number of rotatable bonds is 2. The van der Waals surface area contributed by atoms with Crippen LogP contribution in [0.25, 0.3) is 0 Å². The minimum Gasteiger partial charge on any atom is -0.328 e. The first-order valence-corrected chi connectivity index (χ1v) is 6.17. The fourth-order valence-corrected chi connectivity index (χ4v) is 3.24. The van der Waals surface area contributed by atoms with Crippen LogP contribution in [-0.4, -0.2) is 27.8 Å². The van der Waals surface area contributed by atoms with E-state index in [9.17, 15) is 17.7 Å². The van der Waals surface area contributed by atoms with Gasteiger partial charge in [0.1, 0.15) is 5.25 Å². The molecule has 1 fully saturated rings. The molecule has 1 aliphatic heterocycles. The van der Waals surface area contributed by atoms with Crippen LogP contribution in [0.4, 0.5) is 13.2 Å². The molecular formula is C6H10F3NO3PS+. The molecule has 9 heteroatoms. The second-order valence-electron chi connectivity index (χ2n) is 3.17. The third-order valence-electron chi connectivity index (χ3n) is 1.90. The van der Waals surface area contributed by atoms with E-state index in [4.69, 9.17) is 10.6 Å². The summed E-state index contributed by atoms with van der Waals surface area (Å²) in [5, 5.41) is -1.62. The summed E-state index contributed by atoms with van der Waals surface area (Å²) in [6.45, 7) is 0. The molecule has 4 unspecified atom stereocenters. The molecule has 0 saturated carbocycles. The molecule has 0 radical (unpaired) electrons. The number of alkyl halides is 3. The van der Waals surface area contributed by atoms with Gasteiger partial charge < -0.3 is 5.73 Å². The van der Waals surface area contributed by atoms with E-state index >= 15 is 0 Å². The third kappa shape index (κ3) is 4.24. The van der Waals surface area contributed by atoms with Gasteiger partial charge in [0.15, 0.2) is 5.44 Å². The quantitative estimate of drug-likeness (QED) is 0.743. The molecule has 15 heavy (non-hydrogen) atoms. The Morgan fingerprint density at radius 3 is 2.53 bits per heavy atom. The highest BCUT2D eigenvalue weighted by molar-refractivity contribution is 8.00. The van der Waals surface area contributed by atoms with Crippen LogP contribution in [-0.2, 0) is 9.09 Å². The summed E-state index contributed by atoms with van der Waals surface area (Å²) >= 11 is 0.499. The van der Waals surface area contributed by atoms with Crippen LogP contribution in [0.3, 0.4) is 0 Å². The van der Waals surface area contributed by atoms with E-state index in [1.54, 1.807) is 0 Å². The number of thioether (sulfide) groups is 1. The van der Waals surface area contributed by atoms with Crippen molar-refractivity contribution in [3.63, 3.8) is 0 Å². The Morgan fingerprint density at radius 2 is 2.07 bits per heavy atom. The molecule has 1 aliphatic rings. The fourth-order valence-electron chi connectivity index (χ4n) is 1.29. The van der Waals surface area contributed by atoms with Gasteiger partial charge >= 0.3 is 14.4 Å². The molecule has 0 amide bonds. The van der Waals surface area contributed by atoms with Crippen molar-refractivity contribution in [2.45, 2.75) is 35.7 Å². The molecule has 0 aromatic heterocycles. The van der Waals surface area contributed by atoms with Crippen molar-refractivity contribution < 1.29 is 27.2 Å². The Morgan fingerprint density at radius 1 is 1.47 bits per heavy atom. The predicted molar refractivity (Wildman–Crippen MR) is 49.3 cm³/mol. The zero-order chi connectivity index (χ0) is 11.6. The zero-order valence-corrected chi connectivity index (χ0v) is 9.19. The van der Waals surface area contributed by atoms with Crippen LogP contribution in [0.1, 0.15) is 12.8 Å². The first-order chi connectivity index (χ1) is 6.79. The Labute approximate surface area is 89.3 Å². The van der Waals surface area contributed by atoms with Crippen LogP contribution >= 0.6 is 20.0 Å². The van der Waals surface area contributed by atoms with Gasteiger partial charge in [-0.3, -0.25) is 0 Å². The summed E-state index contributed by atoms with van der Waals surface area (Å²) in [7, 11) is -2.89. The highest BCUT2D eigenvalue weighted by atomic mass is 32.2. The SMILES string of the molecule is NC1CC(O[P+](=O)O)SC(C(F)(F)F)C1. The second-order valence-corrected chi connectivity index (χ2v) is 5.22. The summed E-state index contributed by atoms with van der Waals surface area (Å²) in [5.74, 6) is 0. The van der Waals surface area contributed by atoms with Gasteiger partial charge in [0.05, 0.1) is 0 Å². The molecule has 0 spiro atoms. The first-order valence-electron chi connectivity index (χ1n) is 4.09. The van der Waals surface area contributed by atoms with Gasteiger partial charge in [0, 0.05) is 17.0 Å². The minimum absolute atomic E-state index is 0.152. The molecule has 1 rings (SSSR count). The predicted octanol–water partition coefficient (Wildman–Crippen LogP) is 1.76. The molecule has 3 N–H and O–H groups in total. The van der Waals surface area contributed by atoms with Gasteiger partial charge in [-0.05, 0) is 6.42 Å². The monoisotopic (exact) mass is 264 g/mol. The number of hydrogen-bond donors (Lipinski definition) is 2. The Hall–Kier alpha value is 0.120. The average molecular weight is 264 g/mol. The summed E-state index contributed by atoms with van der Waals surface area (Å²) < 4.78 is 51.8. The van der Waals surface area contributed by atoms with Gasteiger partial charge in [0.2, 0.25) is 0 Å². The molecule has 0 bridgehead atoms. The Kier molecular flexibility index (Phi) is 4.37. The van der Waals surface area contributed by atoms with Gasteiger partial charge in [-0.2, -0.15) is 13.2 Å². The van der Waals surface area contributed by atoms with Crippen molar-refractivity contribution in [3.05, 3.63) is 0 Å². The summed E-state index contributed by atoms with van der Waals surface area (Å²) in [4.78, 5) is 8.43. The molecule has 1 saturated heterocycles. The van der Waals surface area contributed by atoms with E-state index in [0.717, 1.165) is 0 Å². The van der Waals surface area contributed by atoms with Gasteiger partial charge in [0.25, 0.3) is 0 Å². The standard InChI is InChI=1S/C6H9F3NO3PS/c7-6(8,9)4-1-3(10)2-5(15-4)13-14(11)12/h3-5H,1-2,10H2/p+1. The van der Waals surface area contributed by atoms with E-state index in [1.165, 1.54) is 0 Å². The third-order valence-corrected chi connectivity index (χ3v) is 3.86. The number of halogens is 3. The zero-order valence-electron chi connectivity index (χ0n) is 7.48. The highest BCUT2D eigenvalue weighted by Gasteiger charge is 2.47. The van der Waals surface area contributed by atoms with E-state index in [2.05, 4.69) is 4.52 Å². The highest BCUT2D eigenvalue weighted by Crippen LogP contribution is 2.43. The van der Waals surface area contributed by atoms with Gasteiger partial charge in [-0.15, -0.1) is 21.2 Å². The van der Waals surface area contributed by atoms with Gasteiger partial charge in [-0.25, -0.2) is 0 Å². The second kappa shape index (κ2) is 4.97. The van der Waals surface area contributed by atoms with Crippen molar-refractivity contribution in [2.24, 2.45) is 5.73 Å². The lowest BCUT2D eigenvalue weighted by atomic mass is 10.1. The maximum Gasteiger partial charge on any atom is 0.695 e. The van der Waals surface area contributed by atoms with Crippen molar-refractivity contribution in [3.8, 4) is 0 Å². The van der Waals surface area contributed by atoms with Crippen LogP contribution in [0.2, 0.25) is 0 Å². The summed E-state index contributed by atoms with van der Waals surface area (Å²) in [6.07, 6.45) is -4.39. The van der Waals surface area contributed by atoms with Crippen LogP contribution in [0.5, 0.6) is 0 Å². The maximum atomic E-state index is 12.4. The van der Waals surface area contributed by atoms with E-state index in [1.807, 2.05) is 0 Å². The lowest BCUT2D eigenvalue weighted by Gasteiger charge is -2.30. The first kappa shape index (κ1) is 13.2. The van der Waals surface area contributed by atoms with Crippen LogP contribution < -0.4 is 5.73 Å². The average Bonchev–Trinajstić information content (AvgIpc) is 1.99. The molecule has 4 atom stereocenters. The molecule has 0 aliphatic carbocycles. The Bertz CT molecular complexity index is 252. The largest absolute Gasteiger partial charge is 0.695 e. The maximum absolute atomic E-state index is 12.4. The summed E-state index contributed by atoms with van der Waals surface area (Å²) in [5.41, 5.74) is 4.45. The van der Waals surface area contributed by atoms with Crippen molar-refractivity contribution in [2.75, 3.05) is 0 Å².